The van der Waals surface area contributed by atoms with Gasteiger partial charge < -0.3 is 19.7 Å². The van der Waals surface area contributed by atoms with Gasteiger partial charge in [0.1, 0.15) is 5.75 Å². The van der Waals surface area contributed by atoms with Gasteiger partial charge in [0.05, 0.1) is 18.7 Å². The Balaban J connectivity index is 1.52. The summed E-state index contributed by atoms with van der Waals surface area (Å²) >= 11 is 6.03. The number of amides is 2. The zero-order chi connectivity index (χ0) is 20.8. The maximum absolute atomic E-state index is 12.4. The van der Waals surface area contributed by atoms with E-state index in [-0.39, 0.29) is 18.9 Å². The molecule has 7 nitrogen and oxygen atoms in total. The average molecular weight is 417 g/mol. The van der Waals surface area contributed by atoms with Crippen LogP contribution in [-0.2, 0) is 25.7 Å². The molecule has 0 aliphatic carbocycles. The smallest absolute Gasteiger partial charge is 0.311 e. The van der Waals surface area contributed by atoms with Crippen LogP contribution in [0, 0.1) is 5.92 Å². The summed E-state index contributed by atoms with van der Waals surface area (Å²) < 4.78 is 10.4. The lowest BCUT2D eigenvalue weighted by molar-refractivity contribution is -0.152. The molecule has 1 aliphatic rings. The molecule has 0 radical (unpaired) electrons. The first-order valence-corrected chi connectivity index (χ1v) is 9.47. The van der Waals surface area contributed by atoms with E-state index in [0.717, 1.165) is 5.56 Å². The number of halogens is 1. The third kappa shape index (κ3) is 5.26. The highest BCUT2D eigenvalue weighted by Crippen LogP contribution is 2.35. The average Bonchev–Trinajstić information content (AvgIpc) is 3.12. The number of methoxy groups -OCH3 is 1. The van der Waals surface area contributed by atoms with Gasteiger partial charge in [-0.15, -0.1) is 0 Å². The number of carbonyl (C=O) groups is 3. The molecule has 1 atom stereocenters. The molecule has 2 aromatic rings. The van der Waals surface area contributed by atoms with Crippen molar-refractivity contribution in [1.82, 2.24) is 5.32 Å². The van der Waals surface area contributed by atoms with Crippen molar-refractivity contribution in [2.24, 2.45) is 5.92 Å². The minimum absolute atomic E-state index is 0.000134. The number of esters is 1. The number of anilines is 1. The van der Waals surface area contributed by atoms with E-state index >= 15 is 0 Å². The predicted molar refractivity (Wildman–Crippen MR) is 108 cm³/mol. The van der Waals surface area contributed by atoms with Crippen LogP contribution in [0.25, 0.3) is 0 Å². The maximum atomic E-state index is 12.4. The largest absolute Gasteiger partial charge is 0.495 e. The number of hydrogen-bond donors (Lipinski definition) is 1. The zero-order valence-electron chi connectivity index (χ0n) is 15.9. The van der Waals surface area contributed by atoms with Gasteiger partial charge >= 0.3 is 5.97 Å². The van der Waals surface area contributed by atoms with Crippen LogP contribution in [0.4, 0.5) is 5.69 Å². The van der Waals surface area contributed by atoms with Crippen molar-refractivity contribution in [1.29, 1.82) is 0 Å². The molecule has 1 saturated heterocycles. The Bertz CT molecular complexity index is 903. The van der Waals surface area contributed by atoms with E-state index in [0.29, 0.717) is 23.0 Å². The van der Waals surface area contributed by atoms with Crippen LogP contribution in [0.2, 0.25) is 5.02 Å². The summed E-state index contributed by atoms with van der Waals surface area (Å²) in [5.41, 5.74) is 1.44. The fraction of sp³-hybridized carbons (Fsp3) is 0.286. The molecule has 1 heterocycles. The molecule has 29 heavy (non-hydrogen) atoms. The van der Waals surface area contributed by atoms with Crippen molar-refractivity contribution in [3.05, 3.63) is 59.1 Å². The van der Waals surface area contributed by atoms with Crippen LogP contribution >= 0.6 is 11.6 Å². The van der Waals surface area contributed by atoms with Crippen LogP contribution in [0.5, 0.6) is 5.75 Å². The van der Waals surface area contributed by atoms with Crippen molar-refractivity contribution >= 4 is 35.1 Å². The quantitative estimate of drug-likeness (QED) is 0.701. The molecule has 152 valence electrons. The van der Waals surface area contributed by atoms with Gasteiger partial charge in [0, 0.05) is 24.5 Å². The summed E-state index contributed by atoms with van der Waals surface area (Å²) in [7, 11) is 1.49. The molecule has 0 saturated carbocycles. The highest BCUT2D eigenvalue weighted by molar-refractivity contribution is 6.31. The second-order valence-electron chi connectivity index (χ2n) is 6.59. The van der Waals surface area contributed by atoms with Crippen LogP contribution in [-0.4, -0.2) is 38.0 Å². The molecule has 3 rings (SSSR count). The fourth-order valence-corrected chi connectivity index (χ4v) is 3.24. The molecule has 8 heteroatoms. The van der Waals surface area contributed by atoms with Gasteiger partial charge in [-0.2, -0.15) is 0 Å². The molecular weight excluding hydrogens is 396 g/mol. The van der Waals surface area contributed by atoms with Gasteiger partial charge in [-0.1, -0.05) is 41.9 Å². The first-order valence-electron chi connectivity index (χ1n) is 9.09. The minimum atomic E-state index is -0.659. The van der Waals surface area contributed by atoms with Gasteiger partial charge in [0.15, 0.2) is 6.61 Å². The van der Waals surface area contributed by atoms with Crippen molar-refractivity contribution in [3.63, 3.8) is 0 Å². The maximum Gasteiger partial charge on any atom is 0.311 e. The molecule has 0 unspecified atom stereocenters. The van der Waals surface area contributed by atoms with Crippen LogP contribution in [0.3, 0.4) is 0 Å². The minimum Gasteiger partial charge on any atom is -0.495 e. The van der Waals surface area contributed by atoms with E-state index in [1.165, 1.54) is 12.0 Å². The van der Waals surface area contributed by atoms with Gasteiger partial charge in [-0.05, 0) is 23.8 Å². The first kappa shape index (κ1) is 20.7. The number of rotatable bonds is 7. The van der Waals surface area contributed by atoms with Gasteiger partial charge in [-0.25, -0.2) is 0 Å². The van der Waals surface area contributed by atoms with E-state index in [1.54, 1.807) is 18.2 Å². The summed E-state index contributed by atoms with van der Waals surface area (Å²) in [5.74, 6) is -1.40. The molecule has 2 aromatic carbocycles. The molecule has 0 aromatic heterocycles. The van der Waals surface area contributed by atoms with Crippen molar-refractivity contribution in [2.45, 2.75) is 13.0 Å². The number of nitrogens with one attached hydrogen (secondary N) is 1. The van der Waals surface area contributed by atoms with Gasteiger partial charge in [-0.3, -0.25) is 14.4 Å². The zero-order valence-corrected chi connectivity index (χ0v) is 16.6. The van der Waals surface area contributed by atoms with E-state index < -0.39 is 24.4 Å². The number of carbonyl (C=O) groups excluding carboxylic acids is 3. The Morgan fingerprint density at radius 1 is 1.21 bits per heavy atom. The number of benzene rings is 2. The van der Waals surface area contributed by atoms with E-state index in [4.69, 9.17) is 21.1 Å². The lowest BCUT2D eigenvalue weighted by Gasteiger charge is -2.19. The first-order chi connectivity index (χ1) is 14.0. The lowest BCUT2D eigenvalue weighted by atomic mass is 10.1. The molecule has 1 fully saturated rings. The van der Waals surface area contributed by atoms with Crippen LogP contribution < -0.4 is 15.0 Å². The van der Waals surface area contributed by atoms with E-state index in [9.17, 15) is 14.4 Å². The van der Waals surface area contributed by atoms with Gasteiger partial charge in [0.2, 0.25) is 5.91 Å². The normalized spacial score (nSPS) is 15.9. The summed E-state index contributed by atoms with van der Waals surface area (Å²) in [6, 6.07) is 14.3. The lowest BCUT2D eigenvalue weighted by Crippen LogP contribution is -2.31. The molecule has 2 amide bonds. The Morgan fingerprint density at radius 2 is 1.97 bits per heavy atom. The summed E-state index contributed by atoms with van der Waals surface area (Å²) in [5, 5.41) is 3.14. The molecular formula is C21H21ClN2O5. The Morgan fingerprint density at radius 3 is 2.69 bits per heavy atom. The Labute approximate surface area is 173 Å². The SMILES string of the molecule is COc1ccc(Cl)cc1N1C[C@@H](C(=O)OCC(=O)NCc2ccccc2)CC1=O. The highest BCUT2D eigenvalue weighted by Gasteiger charge is 2.37. The highest BCUT2D eigenvalue weighted by atomic mass is 35.5. The van der Waals surface area contributed by atoms with Crippen LogP contribution in [0.1, 0.15) is 12.0 Å². The number of hydrogen-bond acceptors (Lipinski definition) is 5. The Hall–Kier alpha value is -3.06. The summed E-state index contributed by atoms with van der Waals surface area (Å²) in [6.07, 6.45) is 0.000134. The van der Waals surface area contributed by atoms with Crippen molar-refractivity contribution in [2.75, 3.05) is 25.2 Å². The molecule has 1 aliphatic heterocycles. The van der Waals surface area contributed by atoms with Crippen molar-refractivity contribution < 1.29 is 23.9 Å². The summed E-state index contributed by atoms with van der Waals surface area (Å²) in [4.78, 5) is 38.1. The fourth-order valence-electron chi connectivity index (χ4n) is 3.07. The molecule has 0 bridgehead atoms. The molecule has 1 N–H and O–H groups in total. The Kier molecular flexibility index (Phi) is 6.72. The second-order valence-corrected chi connectivity index (χ2v) is 7.03. The monoisotopic (exact) mass is 416 g/mol. The van der Waals surface area contributed by atoms with E-state index in [2.05, 4.69) is 5.32 Å². The molecule has 0 spiro atoms. The van der Waals surface area contributed by atoms with Crippen molar-refractivity contribution in [3.8, 4) is 5.75 Å². The summed E-state index contributed by atoms with van der Waals surface area (Å²) in [6.45, 7) is 0.0956. The number of ether oxygens (including phenoxy) is 2. The standard InChI is InChI=1S/C21H21ClN2O5/c1-28-18-8-7-16(22)10-17(18)24-12-15(9-20(24)26)21(27)29-13-19(25)23-11-14-5-3-2-4-6-14/h2-8,10,15H,9,11-13H2,1H3,(H,23,25)/t15-/m0/s1. The van der Waals surface area contributed by atoms with E-state index in [1.807, 2.05) is 30.3 Å². The third-order valence-electron chi connectivity index (χ3n) is 4.57. The predicted octanol–water partition coefficient (Wildman–Crippen LogP) is 2.56. The third-order valence-corrected chi connectivity index (χ3v) is 4.80. The second kappa shape index (κ2) is 9.43. The van der Waals surface area contributed by atoms with Crippen LogP contribution in [0.15, 0.2) is 48.5 Å². The topological polar surface area (TPSA) is 84.9 Å². The number of nitrogens with zero attached hydrogens (tertiary/aromatic N) is 1. The van der Waals surface area contributed by atoms with Gasteiger partial charge in [0.25, 0.3) is 5.91 Å².